The fraction of sp³-hybridized carbons (Fsp3) is 0.381. The van der Waals surface area contributed by atoms with Gasteiger partial charge in [-0.15, -0.1) is 0 Å². The summed E-state index contributed by atoms with van der Waals surface area (Å²) in [6.07, 6.45) is 2.58. The zero-order chi connectivity index (χ0) is 17.8. The van der Waals surface area contributed by atoms with Gasteiger partial charge in [0, 0.05) is 18.8 Å². The van der Waals surface area contributed by atoms with Crippen molar-refractivity contribution in [1.82, 2.24) is 5.32 Å². The number of carbonyl (C=O) groups excluding carboxylic acids is 1. The summed E-state index contributed by atoms with van der Waals surface area (Å²) in [5.74, 6) is 0.606. The first-order valence-electron chi connectivity index (χ1n) is 8.95. The molecule has 1 aliphatic rings. The minimum Gasteiger partial charge on any atom is -0.371 e. The highest BCUT2D eigenvalue weighted by atomic mass is 35.5. The van der Waals surface area contributed by atoms with Crippen molar-refractivity contribution in [2.75, 3.05) is 18.0 Å². The van der Waals surface area contributed by atoms with E-state index in [9.17, 15) is 4.79 Å². The summed E-state index contributed by atoms with van der Waals surface area (Å²) in [7, 11) is 0. The van der Waals surface area contributed by atoms with Crippen LogP contribution in [0, 0.1) is 5.92 Å². The van der Waals surface area contributed by atoms with E-state index in [1.165, 1.54) is 18.5 Å². The molecule has 3 rings (SSSR count). The average Bonchev–Trinajstić information content (AvgIpc) is 2.62. The second kappa shape index (κ2) is 7.92. The lowest BCUT2D eigenvalue weighted by Gasteiger charge is -2.33. The van der Waals surface area contributed by atoms with Gasteiger partial charge in [-0.1, -0.05) is 42.8 Å². The van der Waals surface area contributed by atoms with E-state index in [2.05, 4.69) is 41.4 Å². The second-order valence-electron chi connectivity index (χ2n) is 6.96. The van der Waals surface area contributed by atoms with Crippen LogP contribution in [0.4, 0.5) is 5.69 Å². The third-order valence-electron chi connectivity index (χ3n) is 4.88. The average molecular weight is 357 g/mol. The van der Waals surface area contributed by atoms with Crippen LogP contribution in [0.5, 0.6) is 0 Å². The lowest BCUT2D eigenvalue weighted by molar-refractivity contribution is 0.0940. The molecular formula is C21H25ClN2O. The second-order valence-corrected chi connectivity index (χ2v) is 7.37. The van der Waals surface area contributed by atoms with Gasteiger partial charge in [-0.2, -0.15) is 0 Å². The van der Waals surface area contributed by atoms with Crippen molar-refractivity contribution < 1.29 is 4.79 Å². The normalized spacial score (nSPS) is 18.7. The molecule has 132 valence electrons. The number of halogens is 1. The predicted octanol–water partition coefficient (Wildman–Crippen LogP) is 5.07. The molecule has 1 aliphatic heterocycles. The number of amides is 1. The van der Waals surface area contributed by atoms with E-state index in [0.717, 1.165) is 24.6 Å². The summed E-state index contributed by atoms with van der Waals surface area (Å²) in [6.45, 7) is 6.56. The number of carbonyl (C=O) groups is 1. The Hall–Kier alpha value is -2.00. The summed E-state index contributed by atoms with van der Waals surface area (Å²) in [6, 6.07) is 15.6. The van der Waals surface area contributed by atoms with Crippen molar-refractivity contribution in [2.45, 2.75) is 32.7 Å². The van der Waals surface area contributed by atoms with Gasteiger partial charge >= 0.3 is 0 Å². The van der Waals surface area contributed by atoms with Crippen molar-refractivity contribution in [3.8, 4) is 0 Å². The van der Waals surface area contributed by atoms with E-state index < -0.39 is 0 Å². The molecule has 0 bridgehead atoms. The van der Waals surface area contributed by atoms with Crippen LogP contribution in [0.1, 0.15) is 48.7 Å². The summed E-state index contributed by atoms with van der Waals surface area (Å²) < 4.78 is 0. The Kier molecular flexibility index (Phi) is 5.64. The molecule has 2 aromatic rings. The number of piperidine rings is 1. The number of anilines is 1. The van der Waals surface area contributed by atoms with Gasteiger partial charge in [-0.25, -0.2) is 0 Å². The lowest BCUT2D eigenvalue weighted by atomic mass is 9.99. The zero-order valence-corrected chi connectivity index (χ0v) is 15.6. The van der Waals surface area contributed by atoms with Crippen molar-refractivity contribution in [3.63, 3.8) is 0 Å². The molecule has 1 heterocycles. The van der Waals surface area contributed by atoms with E-state index in [4.69, 9.17) is 11.6 Å². The molecule has 3 nitrogen and oxygen atoms in total. The van der Waals surface area contributed by atoms with Gasteiger partial charge in [0.2, 0.25) is 0 Å². The Morgan fingerprint density at radius 2 is 1.92 bits per heavy atom. The SMILES string of the molecule is CC1CCCN(c2ccc(C(C)NC(=O)c3ccccc3Cl)cc2)C1. The first kappa shape index (κ1) is 17.8. The maximum Gasteiger partial charge on any atom is 0.253 e. The number of benzene rings is 2. The third-order valence-corrected chi connectivity index (χ3v) is 5.21. The van der Waals surface area contributed by atoms with E-state index in [1.807, 2.05) is 19.1 Å². The highest BCUT2D eigenvalue weighted by Crippen LogP contribution is 2.25. The largest absolute Gasteiger partial charge is 0.371 e. The van der Waals surface area contributed by atoms with Gasteiger partial charge in [-0.3, -0.25) is 4.79 Å². The molecule has 2 aromatic carbocycles. The molecule has 1 saturated heterocycles. The summed E-state index contributed by atoms with van der Waals surface area (Å²) in [4.78, 5) is 14.8. The maximum absolute atomic E-state index is 12.4. The van der Waals surface area contributed by atoms with Gasteiger partial charge in [0.1, 0.15) is 0 Å². The Bertz CT molecular complexity index is 729. The predicted molar refractivity (Wildman–Crippen MR) is 104 cm³/mol. The fourth-order valence-electron chi connectivity index (χ4n) is 3.40. The Morgan fingerprint density at radius 1 is 1.20 bits per heavy atom. The highest BCUT2D eigenvalue weighted by molar-refractivity contribution is 6.33. The smallest absolute Gasteiger partial charge is 0.253 e. The van der Waals surface area contributed by atoms with Crippen molar-refractivity contribution in [2.24, 2.45) is 5.92 Å². The molecule has 0 aliphatic carbocycles. The number of rotatable bonds is 4. The van der Waals surface area contributed by atoms with Gasteiger partial charge < -0.3 is 10.2 Å². The van der Waals surface area contributed by atoms with E-state index >= 15 is 0 Å². The van der Waals surface area contributed by atoms with Gasteiger partial charge in [0.25, 0.3) is 5.91 Å². The number of hydrogen-bond donors (Lipinski definition) is 1. The van der Waals surface area contributed by atoms with Crippen LogP contribution in [-0.4, -0.2) is 19.0 Å². The fourth-order valence-corrected chi connectivity index (χ4v) is 3.62. The summed E-state index contributed by atoms with van der Waals surface area (Å²) in [5, 5.41) is 3.50. The monoisotopic (exact) mass is 356 g/mol. The first-order valence-corrected chi connectivity index (χ1v) is 9.32. The van der Waals surface area contributed by atoms with Gasteiger partial charge in [-0.05, 0) is 55.5 Å². The molecule has 0 saturated carbocycles. The van der Waals surface area contributed by atoms with Crippen LogP contribution in [-0.2, 0) is 0 Å². The van der Waals surface area contributed by atoms with Crippen LogP contribution in [0.25, 0.3) is 0 Å². The minimum atomic E-state index is -0.146. The maximum atomic E-state index is 12.4. The molecule has 1 fully saturated rings. The van der Waals surface area contributed by atoms with Gasteiger partial charge in [0.05, 0.1) is 16.6 Å². The molecule has 2 unspecified atom stereocenters. The van der Waals surface area contributed by atoms with Crippen LogP contribution in [0.3, 0.4) is 0 Å². The molecule has 0 radical (unpaired) electrons. The van der Waals surface area contributed by atoms with E-state index in [1.54, 1.807) is 12.1 Å². The van der Waals surface area contributed by atoms with Crippen LogP contribution < -0.4 is 10.2 Å². The van der Waals surface area contributed by atoms with Crippen LogP contribution in [0.2, 0.25) is 5.02 Å². The Morgan fingerprint density at radius 3 is 2.60 bits per heavy atom. The third kappa shape index (κ3) is 4.35. The van der Waals surface area contributed by atoms with Gasteiger partial charge in [0.15, 0.2) is 0 Å². The first-order chi connectivity index (χ1) is 12.0. The molecule has 1 amide bonds. The van der Waals surface area contributed by atoms with Crippen LogP contribution >= 0.6 is 11.6 Å². The Balaban J connectivity index is 1.65. The summed E-state index contributed by atoms with van der Waals surface area (Å²) >= 11 is 6.10. The van der Waals surface area contributed by atoms with E-state index in [-0.39, 0.29) is 11.9 Å². The molecular weight excluding hydrogens is 332 g/mol. The molecule has 1 N–H and O–H groups in total. The van der Waals surface area contributed by atoms with Crippen molar-refractivity contribution in [3.05, 3.63) is 64.7 Å². The highest BCUT2D eigenvalue weighted by Gasteiger charge is 2.17. The minimum absolute atomic E-state index is 0.0712. The summed E-state index contributed by atoms with van der Waals surface area (Å²) in [5.41, 5.74) is 2.86. The van der Waals surface area contributed by atoms with E-state index in [0.29, 0.717) is 10.6 Å². The molecule has 0 spiro atoms. The van der Waals surface area contributed by atoms with Crippen molar-refractivity contribution in [1.29, 1.82) is 0 Å². The molecule has 2 atom stereocenters. The quantitative estimate of drug-likeness (QED) is 0.829. The molecule has 0 aromatic heterocycles. The number of nitrogens with one attached hydrogen (secondary N) is 1. The standard InChI is InChI=1S/C21H25ClN2O/c1-15-6-5-13-24(14-15)18-11-9-17(10-12-18)16(2)23-21(25)19-7-3-4-8-20(19)22/h3-4,7-12,15-16H,5-6,13-14H2,1-2H3,(H,23,25). The molecule has 25 heavy (non-hydrogen) atoms. The molecule has 4 heteroatoms. The number of nitrogens with zero attached hydrogens (tertiary/aromatic N) is 1. The van der Waals surface area contributed by atoms with Crippen molar-refractivity contribution >= 4 is 23.2 Å². The van der Waals surface area contributed by atoms with Crippen LogP contribution in [0.15, 0.2) is 48.5 Å². The lowest BCUT2D eigenvalue weighted by Crippen LogP contribution is -2.34. The topological polar surface area (TPSA) is 32.3 Å². The Labute approximate surface area is 155 Å². The zero-order valence-electron chi connectivity index (χ0n) is 14.8. The number of hydrogen-bond acceptors (Lipinski definition) is 2.